The molecule has 0 aromatic carbocycles. The van der Waals surface area contributed by atoms with Crippen molar-refractivity contribution in [1.82, 2.24) is 20.0 Å². The van der Waals surface area contributed by atoms with Crippen LogP contribution >= 0.6 is 15.9 Å². The van der Waals surface area contributed by atoms with E-state index in [2.05, 4.69) is 31.2 Å². The number of aliphatic hydroxyl groups is 1. The first-order valence-electron chi connectivity index (χ1n) is 5.86. The van der Waals surface area contributed by atoms with Crippen LogP contribution in [-0.4, -0.2) is 25.1 Å². The molecule has 2 aromatic heterocycles. The highest BCUT2D eigenvalue weighted by molar-refractivity contribution is 9.10. The molecule has 0 saturated heterocycles. The van der Waals surface area contributed by atoms with E-state index >= 15 is 0 Å². The molecule has 1 N–H and O–H groups in total. The Hall–Kier alpha value is -1.34. The molecule has 0 amide bonds. The molecule has 5 nitrogen and oxygen atoms in total. The summed E-state index contributed by atoms with van der Waals surface area (Å²) in [5, 5.41) is 18.0. The molecule has 2 aromatic rings. The van der Waals surface area contributed by atoms with Gasteiger partial charge in [0.15, 0.2) is 0 Å². The summed E-state index contributed by atoms with van der Waals surface area (Å²) in [4.78, 5) is 3.68. The quantitative estimate of drug-likeness (QED) is 0.874. The molecule has 102 valence electrons. The summed E-state index contributed by atoms with van der Waals surface area (Å²) in [5.41, 5.74) is 0.312. The summed E-state index contributed by atoms with van der Waals surface area (Å²) in [6.07, 6.45) is 2.23. The lowest BCUT2D eigenvalue weighted by Gasteiger charge is -2.16. The van der Waals surface area contributed by atoms with E-state index in [1.54, 1.807) is 23.9 Å². The maximum absolute atomic E-state index is 12.9. The highest BCUT2D eigenvalue weighted by atomic mass is 79.9. The van der Waals surface area contributed by atoms with Crippen molar-refractivity contribution < 1.29 is 9.50 Å². The van der Waals surface area contributed by atoms with Gasteiger partial charge in [-0.1, -0.05) is 12.1 Å². The first-order chi connectivity index (χ1) is 8.92. The maximum Gasteiger partial charge on any atom is 0.213 e. The lowest BCUT2D eigenvalue weighted by Crippen LogP contribution is -2.20. The van der Waals surface area contributed by atoms with Gasteiger partial charge in [0.1, 0.15) is 15.9 Å². The molecule has 2 rings (SSSR count). The molecule has 0 fully saturated rings. The smallest absolute Gasteiger partial charge is 0.213 e. The van der Waals surface area contributed by atoms with E-state index in [1.807, 2.05) is 6.92 Å². The number of halogens is 2. The lowest BCUT2D eigenvalue weighted by molar-refractivity contribution is 0.0484. The van der Waals surface area contributed by atoms with E-state index in [0.29, 0.717) is 23.3 Å². The zero-order valence-corrected chi connectivity index (χ0v) is 12.2. The highest BCUT2D eigenvalue weighted by Gasteiger charge is 2.24. The van der Waals surface area contributed by atoms with E-state index in [0.717, 1.165) is 5.56 Å². The van der Waals surface area contributed by atoms with Crippen molar-refractivity contribution >= 4 is 15.9 Å². The Kier molecular flexibility index (Phi) is 3.96. The molecular weight excluding hydrogens is 315 g/mol. The van der Waals surface area contributed by atoms with Crippen LogP contribution in [0.15, 0.2) is 22.9 Å². The molecule has 0 aliphatic carbocycles. The van der Waals surface area contributed by atoms with Gasteiger partial charge in [-0.2, -0.15) is 4.39 Å². The van der Waals surface area contributed by atoms with Gasteiger partial charge in [-0.15, -0.1) is 5.10 Å². The van der Waals surface area contributed by atoms with Crippen LogP contribution in [0.3, 0.4) is 0 Å². The summed E-state index contributed by atoms with van der Waals surface area (Å²) in [6, 6.07) is 2.92. The van der Waals surface area contributed by atoms with Gasteiger partial charge in [0.25, 0.3) is 0 Å². The fraction of sp³-hybridized carbons (Fsp3) is 0.417. The largest absolute Gasteiger partial charge is 0.384 e. The predicted molar refractivity (Wildman–Crippen MR) is 70.9 cm³/mol. The van der Waals surface area contributed by atoms with Gasteiger partial charge >= 0.3 is 0 Å². The second-order valence-electron chi connectivity index (χ2n) is 4.51. The first kappa shape index (κ1) is 14.1. The van der Waals surface area contributed by atoms with Crippen LogP contribution in [0.4, 0.5) is 4.39 Å². The second kappa shape index (κ2) is 5.34. The summed E-state index contributed by atoms with van der Waals surface area (Å²) < 4.78 is 14.9. The van der Waals surface area contributed by atoms with Gasteiger partial charge in [0, 0.05) is 5.56 Å². The van der Waals surface area contributed by atoms with Crippen molar-refractivity contribution in [2.24, 2.45) is 0 Å². The van der Waals surface area contributed by atoms with Crippen LogP contribution in [0, 0.1) is 5.95 Å². The number of rotatable bonds is 4. The SMILES string of the molecule is CCC(C)(O)c1cn(Cc2ccc(F)nc2Br)nn1. The molecule has 0 aliphatic heterocycles. The molecule has 1 atom stereocenters. The van der Waals surface area contributed by atoms with Crippen LogP contribution < -0.4 is 0 Å². The minimum Gasteiger partial charge on any atom is -0.384 e. The molecule has 0 radical (unpaired) electrons. The summed E-state index contributed by atoms with van der Waals surface area (Å²) in [5.74, 6) is -0.538. The normalized spacial score (nSPS) is 14.4. The Morgan fingerprint density at radius 2 is 2.21 bits per heavy atom. The Morgan fingerprint density at radius 1 is 1.47 bits per heavy atom. The molecule has 2 heterocycles. The van der Waals surface area contributed by atoms with Crippen LogP contribution in [0.1, 0.15) is 31.5 Å². The van der Waals surface area contributed by atoms with Gasteiger partial charge < -0.3 is 5.11 Å². The number of hydrogen-bond acceptors (Lipinski definition) is 4. The zero-order chi connectivity index (χ0) is 14.0. The van der Waals surface area contributed by atoms with Crippen LogP contribution in [0.5, 0.6) is 0 Å². The average Bonchev–Trinajstić information content (AvgIpc) is 2.82. The topological polar surface area (TPSA) is 63.8 Å². The Balaban J connectivity index is 2.20. The average molecular weight is 329 g/mol. The number of hydrogen-bond donors (Lipinski definition) is 1. The standard InChI is InChI=1S/C12H14BrFN4O/c1-3-12(2,19)9-7-18(17-16-9)6-8-4-5-10(14)15-11(8)13/h4-5,7,19H,3,6H2,1-2H3. The number of nitrogens with zero attached hydrogens (tertiary/aromatic N) is 4. The third-order valence-corrected chi connectivity index (χ3v) is 3.69. The van der Waals surface area contributed by atoms with Crippen LogP contribution in [-0.2, 0) is 12.1 Å². The Bertz CT molecular complexity index is 585. The number of pyridine rings is 1. The Labute approximate surface area is 118 Å². The minimum absolute atomic E-state index is 0.403. The number of aromatic nitrogens is 4. The van der Waals surface area contributed by atoms with Crippen LogP contribution in [0.25, 0.3) is 0 Å². The third-order valence-electron chi connectivity index (χ3n) is 3.00. The van der Waals surface area contributed by atoms with Crippen molar-refractivity contribution in [2.45, 2.75) is 32.4 Å². The maximum atomic E-state index is 12.9. The van der Waals surface area contributed by atoms with Gasteiger partial charge in [0.05, 0.1) is 12.7 Å². The van der Waals surface area contributed by atoms with E-state index < -0.39 is 11.5 Å². The second-order valence-corrected chi connectivity index (χ2v) is 5.26. The highest BCUT2D eigenvalue weighted by Crippen LogP contribution is 2.22. The van der Waals surface area contributed by atoms with Crippen molar-refractivity contribution in [3.8, 4) is 0 Å². The molecule has 1 unspecified atom stereocenters. The lowest BCUT2D eigenvalue weighted by atomic mass is 10.0. The van der Waals surface area contributed by atoms with Gasteiger partial charge in [-0.25, -0.2) is 9.67 Å². The molecule has 0 spiro atoms. The van der Waals surface area contributed by atoms with E-state index in [1.165, 1.54) is 6.07 Å². The molecular formula is C12H14BrFN4O. The van der Waals surface area contributed by atoms with Gasteiger partial charge in [-0.3, -0.25) is 0 Å². The zero-order valence-electron chi connectivity index (χ0n) is 10.6. The first-order valence-corrected chi connectivity index (χ1v) is 6.65. The van der Waals surface area contributed by atoms with Crippen molar-refractivity contribution in [3.63, 3.8) is 0 Å². The fourth-order valence-corrected chi connectivity index (χ4v) is 1.96. The predicted octanol–water partition coefficient (Wildman–Crippen LogP) is 2.24. The minimum atomic E-state index is -0.990. The van der Waals surface area contributed by atoms with E-state index in [-0.39, 0.29) is 0 Å². The molecule has 0 bridgehead atoms. The van der Waals surface area contributed by atoms with Crippen molar-refractivity contribution in [3.05, 3.63) is 40.1 Å². The van der Waals surface area contributed by atoms with Crippen LogP contribution in [0.2, 0.25) is 0 Å². The monoisotopic (exact) mass is 328 g/mol. The third kappa shape index (κ3) is 3.16. The summed E-state index contributed by atoms with van der Waals surface area (Å²) in [6.45, 7) is 3.97. The summed E-state index contributed by atoms with van der Waals surface area (Å²) in [7, 11) is 0. The van der Waals surface area contributed by atoms with E-state index in [4.69, 9.17) is 0 Å². The fourth-order valence-electron chi connectivity index (χ4n) is 1.54. The Morgan fingerprint density at radius 3 is 2.84 bits per heavy atom. The molecule has 0 saturated carbocycles. The summed E-state index contributed by atoms with van der Waals surface area (Å²) >= 11 is 3.20. The van der Waals surface area contributed by atoms with Gasteiger partial charge in [-0.05, 0) is 41.4 Å². The molecule has 7 heteroatoms. The van der Waals surface area contributed by atoms with E-state index in [9.17, 15) is 9.50 Å². The van der Waals surface area contributed by atoms with Gasteiger partial charge in [0.2, 0.25) is 5.95 Å². The molecule has 19 heavy (non-hydrogen) atoms. The van der Waals surface area contributed by atoms with Crippen molar-refractivity contribution in [2.75, 3.05) is 0 Å². The van der Waals surface area contributed by atoms with Crippen molar-refractivity contribution in [1.29, 1.82) is 0 Å². The molecule has 0 aliphatic rings.